The second-order valence-electron chi connectivity index (χ2n) is 7.97. The first-order valence-corrected chi connectivity index (χ1v) is 10.5. The molecular formula is C22H33N3O2. The van der Waals surface area contributed by atoms with Gasteiger partial charge in [-0.1, -0.05) is 50.1 Å². The molecule has 0 N–H and O–H groups in total. The van der Waals surface area contributed by atoms with Crippen LogP contribution in [0.2, 0.25) is 0 Å². The molecule has 2 amide bonds. The number of amides is 2. The fourth-order valence-corrected chi connectivity index (χ4v) is 4.06. The van der Waals surface area contributed by atoms with Gasteiger partial charge in [0.2, 0.25) is 11.8 Å². The molecule has 0 aromatic heterocycles. The van der Waals surface area contributed by atoms with Crippen LogP contribution in [0.3, 0.4) is 0 Å². The summed E-state index contributed by atoms with van der Waals surface area (Å²) in [6, 6.07) is 10.2. The lowest BCUT2D eigenvalue weighted by atomic mass is 9.97. The molecule has 5 nitrogen and oxygen atoms in total. The lowest BCUT2D eigenvalue weighted by Gasteiger charge is -2.35. The largest absolute Gasteiger partial charge is 0.342 e. The second-order valence-corrected chi connectivity index (χ2v) is 7.97. The van der Waals surface area contributed by atoms with Crippen LogP contribution in [0.4, 0.5) is 0 Å². The monoisotopic (exact) mass is 371 g/mol. The summed E-state index contributed by atoms with van der Waals surface area (Å²) in [5.74, 6) is 0.723. The average molecular weight is 372 g/mol. The number of benzene rings is 1. The molecule has 0 saturated carbocycles. The summed E-state index contributed by atoms with van der Waals surface area (Å²) in [5.41, 5.74) is 1.22. The predicted molar refractivity (Wildman–Crippen MR) is 108 cm³/mol. The first kappa shape index (κ1) is 19.9. The van der Waals surface area contributed by atoms with Crippen molar-refractivity contribution in [3.63, 3.8) is 0 Å². The number of carbonyl (C=O) groups is 2. The first-order chi connectivity index (χ1) is 13.1. The van der Waals surface area contributed by atoms with E-state index in [0.717, 1.165) is 52.1 Å². The van der Waals surface area contributed by atoms with Gasteiger partial charge in [-0.2, -0.15) is 0 Å². The van der Waals surface area contributed by atoms with Crippen molar-refractivity contribution in [3.05, 3.63) is 35.9 Å². The Labute approximate surface area is 163 Å². The van der Waals surface area contributed by atoms with Crippen LogP contribution in [0.5, 0.6) is 0 Å². The van der Waals surface area contributed by atoms with Crippen LogP contribution >= 0.6 is 0 Å². The highest BCUT2D eigenvalue weighted by Gasteiger charge is 2.25. The zero-order chi connectivity index (χ0) is 19.1. The molecule has 5 heteroatoms. The minimum absolute atomic E-state index is 0.227. The molecule has 27 heavy (non-hydrogen) atoms. The van der Waals surface area contributed by atoms with E-state index in [1.165, 1.54) is 18.4 Å². The van der Waals surface area contributed by atoms with Crippen molar-refractivity contribution in [2.24, 2.45) is 0 Å². The van der Waals surface area contributed by atoms with Crippen molar-refractivity contribution < 1.29 is 9.59 Å². The van der Waals surface area contributed by atoms with Gasteiger partial charge in [0.1, 0.15) is 0 Å². The third-order valence-corrected chi connectivity index (χ3v) is 5.89. The Hall–Kier alpha value is -1.88. The van der Waals surface area contributed by atoms with E-state index in [1.807, 2.05) is 28.0 Å². The van der Waals surface area contributed by atoms with E-state index in [-0.39, 0.29) is 17.7 Å². The maximum atomic E-state index is 12.6. The van der Waals surface area contributed by atoms with Crippen LogP contribution < -0.4 is 0 Å². The summed E-state index contributed by atoms with van der Waals surface area (Å²) in [5, 5.41) is 0. The zero-order valence-electron chi connectivity index (χ0n) is 16.6. The number of hydrogen-bond acceptors (Lipinski definition) is 3. The Kier molecular flexibility index (Phi) is 7.27. The smallest absolute Gasteiger partial charge is 0.236 e. The van der Waals surface area contributed by atoms with E-state index in [1.54, 1.807) is 0 Å². The van der Waals surface area contributed by atoms with E-state index in [4.69, 9.17) is 0 Å². The van der Waals surface area contributed by atoms with Gasteiger partial charge in [-0.05, 0) is 24.3 Å². The van der Waals surface area contributed by atoms with Gasteiger partial charge in [0.25, 0.3) is 0 Å². The quantitative estimate of drug-likeness (QED) is 0.799. The molecule has 2 aliphatic rings. The second kappa shape index (κ2) is 9.88. The lowest BCUT2D eigenvalue weighted by Crippen LogP contribution is -2.51. The maximum absolute atomic E-state index is 12.6. The van der Waals surface area contributed by atoms with Crippen LogP contribution in [0.15, 0.2) is 30.3 Å². The standard InChI is InChI=1S/C22H33N3O2/c1-19(20-9-5-4-6-10-20)17-21(26)25-15-13-23(14-16-25)18-22(27)24-11-7-2-3-8-12-24/h4-6,9-10,19H,2-3,7-8,11-18H2,1H3. The van der Waals surface area contributed by atoms with Crippen LogP contribution in [0, 0.1) is 0 Å². The Morgan fingerprint density at radius 2 is 1.41 bits per heavy atom. The highest BCUT2D eigenvalue weighted by molar-refractivity contribution is 5.79. The SMILES string of the molecule is CC(CC(=O)N1CCN(CC(=O)N2CCCCCC2)CC1)c1ccccc1. The fraction of sp³-hybridized carbons (Fsp3) is 0.636. The molecular weight excluding hydrogens is 338 g/mol. The van der Waals surface area contributed by atoms with E-state index in [9.17, 15) is 9.59 Å². The molecule has 2 heterocycles. The summed E-state index contributed by atoms with van der Waals surface area (Å²) >= 11 is 0. The predicted octanol–water partition coefficient (Wildman–Crippen LogP) is 2.73. The normalized spacial score (nSPS) is 20.2. The van der Waals surface area contributed by atoms with Crippen molar-refractivity contribution in [2.75, 3.05) is 45.8 Å². The lowest BCUT2D eigenvalue weighted by molar-refractivity contribution is -0.135. The fourth-order valence-electron chi connectivity index (χ4n) is 4.06. The molecule has 0 aliphatic carbocycles. The number of carbonyl (C=O) groups excluding carboxylic acids is 2. The summed E-state index contributed by atoms with van der Waals surface area (Å²) in [6.45, 7) is 7.49. The maximum Gasteiger partial charge on any atom is 0.236 e. The van der Waals surface area contributed by atoms with Crippen molar-refractivity contribution in [1.29, 1.82) is 0 Å². The van der Waals surface area contributed by atoms with Crippen molar-refractivity contribution in [3.8, 4) is 0 Å². The molecule has 2 fully saturated rings. The van der Waals surface area contributed by atoms with E-state index < -0.39 is 0 Å². The van der Waals surface area contributed by atoms with E-state index >= 15 is 0 Å². The van der Waals surface area contributed by atoms with Crippen molar-refractivity contribution in [2.45, 2.75) is 44.9 Å². The number of nitrogens with zero attached hydrogens (tertiary/aromatic N) is 3. The van der Waals surface area contributed by atoms with Crippen LogP contribution in [-0.2, 0) is 9.59 Å². The molecule has 3 rings (SSSR count). The molecule has 2 aliphatic heterocycles. The van der Waals surface area contributed by atoms with Crippen LogP contribution in [0.25, 0.3) is 0 Å². The molecule has 0 bridgehead atoms. The zero-order valence-corrected chi connectivity index (χ0v) is 16.6. The molecule has 2 saturated heterocycles. The number of hydrogen-bond donors (Lipinski definition) is 0. The van der Waals surface area contributed by atoms with Gasteiger partial charge in [-0.25, -0.2) is 0 Å². The Bertz CT molecular complexity index is 603. The van der Waals surface area contributed by atoms with Crippen molar-refractivity contribution in [1.82, 2.24) is 14.7 Å². The summed E-state index contributed by atoms with van der Waals surface area (Å²) < 4.78 is 0. The summed E-state index contributed by atoms with van der Waals surface area (Å²) in [4.78, 5) is 31.4. The highest BCUT2D eigenvalue weighted by Crippen LogP contribution is 2.20. The van der Waals surface area contributed by atoms with Gasteiger partial charge in [0, 0.05) is 45.7 Å². The molecule has 1 atom stereocenters. The van der Waals surface area contributed by atoms with Gasteiger partial charge in [0.05, 0.1) is 6.54 Å². The summed E-state index contributed by atoms with van der Waals surface area (Å²) in [7, 11) is 0. The number of rotatable bonds is 5. The van der Waals surface area contributed by atoms with Gasteiger partial charge < -0.3 is 9.80 Å². The molecule has 1 aromatic rings. The average Bonchev–Trinajstić information content (AvgIpc) is 2.99. The molecule has 1 aromatic carbocycles. The molecule has 1 unspecified atom stereocenters. The first-order valence-electron chi connectivity index (χ1n) is 10.5. The van der Waals surface area contributed by atoms with Gasteiger partial charge in [-0.15, -0.1) is 0 Å². The third-order valence-electron chi connectivity index (χ3n) is 5.89. The molecule has 148 valence electrons. The minimum Gasteiger partial charge on any atom is -0.342 e. The van der Waals surface area contributed by atoms with Crippen LogP contribution in [-0.4, -0.2) is 72.3 Å². The van der Waals surface area contributed by atoms with Crippen LogP contribution in [0.1, 0.15) is 50.5 Å². The Morgan fingerprint density at radius 3 is 2.04 bits per heavy atom. The molecule has 0 radical (unpaired) electrons. The Morgan fingerprint density at radius 1 is 0.815 bits per heavy atom. The number of piperazine rings is 1. The topological polar surface area (TPSA) is 43.9 Å². The summed E-state index contributed by atoms with van der Waals surface area (Å²) in [6.07, 6.45) is 5.30. The number of likely N-dealkylation sites (tertiary alicyclic amines) is 1. The van der Waals surface area contributed by atoms with Crippen molar-refractivity contribution >= 4 is 11.8 Å². The third kappa shape index (κ3) is 5.80. The highest BCUT2D eigenvalue weighted by atomic mass is 16.2. The molecule has 0 spiro atoms. The Balaban J connectivity index is 1.41. The van der Waals surface area contributed by atoms with Gasteiger partial charge in [0.15, 0.2) is 0 Å². The minimum atomic E-state index is 0.227. The van der Waals surface area contributed by atoms with Gasteiger partial charge in [-0.3, -0.25) is 14.5 Å². The van der Waals surface area contributed by atoms with E-state index in [2.05, 4.69) is 24.0 Å². The van der Waals surface area contributed by atoms with E-state index in [0.29, 0.717) is 13.0 Å². The van der Waals surface area contributed by atoms with Gasteiger partial charge >= 0.3 is 0 Å².